The third-order valence-electron chi connectivity index (χ3n) is 2.47. The lowest BCUT2D eigenvalue weighted by Gasteiger charge is -2.10. The molecule has 7 heteroatoms. The number of allylic oxidation sites excluding steroid dienone is 2. The van der Waals surface area contributed by atoms with E-state index in [1.807, 2.05) is 13.0 Å². The maximum Gasteiger partial charge on any atom is 0.230 e. The first-order valence-corrected chi connectivity index (χ1v) is 6.66. The Morgan fingerprint density at radius 1 is 1.48 bits per heavy atom. The van der Waals surface area contributed by atoms with E-state index in [1.165, 1.54) is 12.4 Å². The average Bonchev–Trinajstić information content (AvgIpc) is 2.51. The quantitative estimate of drug-likeness (QED) is 0.389. The first kappa shape index (κ1) is 16.8. The molecule has 0 unspecified atom stereocenters. The van der Waals surface area contributed by atoms with Crippen LogP contribution in [0.25, 0.3) is 0 Å². The van der Waals surface area contributed by atoms with Crippen molar-refractivity contribution in [2.24, 2.45) is 0 Å². The summed E-state index contributed by atoms with van der Waals surface area (Å²) in [6, 6.07) is 0. The molecule has 0 atom stereocenters. The van der Waals surface area contributed by atoms with Crippen LogP contribution in [-0.4, -0.2) is 42.8 Å². The number of methoxy groups -OCH3 is 1. The molecule has 1 aromatic rings. The van der Waals surface area contributed by atoms with Gasteiger partial charge in [-0.2, -0.15) is 4.98 Å². The highest BCUT2D eigenvalue weighted by molar-refractivity contribution is 5.80. The van der Waals surface area contributed by atoms with E-state index < -0.39 is 0 Å². The van der Waals surface area contributed by atoms with Crippen LogP contribution in [0.4, 0.5) is 5.95 Å². The van der Waals surface area contributed by atoms with Gasteiger partial charge in [0.1, 0.15) is 0 Å². The minimum atomic E-state index is 0.222. The van der Waals surface area contributed by atoms with E-state index in [1.54, 1.807) is 7.11 Å². The Labute approximate surface area is 123 Å². The van der Waals surface area contributed by atoms with Gasteiger partial charge in [0.05, 0.1) is 17.9 Å². The van der Waals surface area contributed by atoms with Gasteiger partial charge in [-0.15, -0.1) is 0 Å². The smallest absolute Gasteiger partial charge is 0.230 e. The summed E-state index contributed by atoms with van der Waals surface area (Å²) in [5.41, 5.74) is 0.871. The zero-order valence-corrected chi connectivity index (χ0v) is 12.3. The van der Waals surface area contributed by atoms with Gasteiger partial charge >= 0.3 is 0 Å². The van der Waals surface area contributed by atoms with E-state index in [0.717, 1.165) is 6.42 Å². The molecule has 0 aromatic carbocycles. The first-order valence-electron chi connectivity index (χ1n) is 6.66. The fraction of sp³-hybridized carbons (Fsp3) is 0.429. The van der Waals surface area contributed by atoms with Gasteiger partial charge in [0, 0.05) is 32.5 Å². The predicted octanol–water partition coefficient (Wildman–Crippen LogP) is 2.06. The average molecular weight is 292 g/mol. The molecule has 21 heavy (non-hydrogen) atoms. The zero-order chi connectivity index (χ0) is 15.5. The lowest BCUT2D eigenvalue weighted by molar-refractivity contribution is 0.111. The lowest BCUT2D eigenvalue weighted by atomic mass is 10.3. The van der Waals surface area contributed by atoms with Gasteiger partial charge in [-0.25, -0.2) is 4.98 Å². The molecule has 1 rings (SSSR count). The number of carbonyl (C=O) groups is 1. The highest BCUT2D eigenvalue weighted by Gasteiger charge is 2.08. The Balaban J connectivity index is 2.81. The zero-order valence-electron chi connectivity index (χ0n) is 12.3. The number of nitrogens with one attached hydrogen (secondary N) is 2. The molecule has 1 heterocycles. The molecule has 0 aliphatic carbocycles. The minimum absolute atomic E-state index is 0.222. The van der Waals surface area contributed by atoms with Crippen LogP contribution in [0.1, 0.15) is 30.1 Å². The first-order chi connectivity index (χ1) is 10.2. The number of nitrogens with zero attached hydrogens (tertiary/aromatic N) is 2. The molecular weight excluding hydrogens is 272 g/mol. The molecule has 2 N–H and O–H groups in total. The van der Waals surface area contributed by atoms with Crippen molar-refractivity contribution < 1.29 is 14.3 Å². The van der Waals surface area contributed by atoms with Gasteiger partial charge in [0.25, 0.3) is 0 Å². The summed E-state index contributed by atoms with van der Waals surface area (Å²) in [5, 5.41) is 10.2. The van der Waals surface area contributed by atoms with Crippen molar-refractivity contribution in [2.75, 3.05) is 25.6 Å². The summed E-state index contributed by atoms with van der Waals surface area (Å²) in [6.45, 7) is 2.93. The minimum Gasteiger partial charge on any atom is -0.477 e. The number of ether oxygens (including phenoxy) is 2. The van der Waals surface area contributed by atoms with Crippen LogP contribution in [0.5, 0.6) is 5.88 Å². The summed E-state index contributed by atoms with van der Waals surface area (Å²) >= 11 is 0. The third-order valence-corrected chi connectivity index (χ3v) is 2.47. The highest BCUT2D eigenvalue weighted by Crippen LogP contribution is 2.15. The summed E-state index contributed by atoms with van der Waals surface area (Å²) in [7, 11) is 1.61. The molecule has 0 saturated heterocycles. The molecule has 114 valence electrons. The fourth-order valence-electron chi connectivity index (χ4n) is 1.50. The summed E-state index contributed by atoms with van der Waals surface area (Å²) in [4.78, 5) is 19.1. The molecule has 0 amide bonds. The molecule has 0 spiro atoms. The van der Waals surface area contributed by atoms with Gasteiger partial charge in [-0.05, 0) is 6.42 Å². The molecule has 0 fully saturated rings. The molecule has 7 nitrogen and oxygen atoms in total. The number of carbonyl (C=O) groups excluding carboxylic acids is 1. The third kappa shape index (κ3) is 5.70. The Bertz CT molecular complexity index is 503. The van der Waals surface area contributed by atoms with Gasteiger partial charge in [-0.3, -0.25) is 4.79 Å². The van der Waals surface area contributed by atoms with Crippen LogP contribution in [-0.2, 0) is 4.74 Å². The monoisotopic (exact) mass is 292 g/mol. The number of anilines is 1. The van der Waals surface area contributed by atoms with E-state index >= 15 is 0 Å². The van der Waals surface area contributed by atoms with Crippen molar-refractivity contribution >= 4 is 18.4 Å². The molecular formula is C14H20N4O3. The molecule has 0 aliphatic heterocycles. The van der Waals surface area contributed by atoms with Gasteiger partial charge in [0.15, 0.2) is 6.29 Å². The fourth-order valence-corrected chi connectivity index (χ4v) is 1.50. The van der Waals surface area contributed by atoms with Crippen LogP contribution < -0.4 is 10.1 Å². The Morgan fingerprint density at radius 2 is 2.29 bits per heavy atom. The van der Waals surface area contributed by atoms with Crippen molar-refractivity contribution in [1.29, 1.82) is 5.41 Å². The molecule has 0 saturated carbocycles. The summed E-state index contributed by atoms with van der Waals surface area (Å²) < 4.78 is 10.4. The van der Waals surface area contributed by atoms with Crippen molar-refractivity contribution in [3.63, 3.8) is 0 Å². The SMILES string of the molecule is CC/C=C(\C=N)Nc1ncc(C=O)c(OCCCOC)n1. The van der Waals surface area contributed by atoms with Crippen molar-refractivity contribution in [3.05, 3.63) is 23.5 Å². The molecule has 0 radical (unpaired) electrons. The summed E-state index contributed by atoms with van der Waals surface area (Å²) in [6.07, 6.45) is 6.53. The number of hydrogen-bond acceptors (Lipinski definition) is 7. The van der Waals surface area contributed by atoms with E-state index in [-0.39, 0.29) is 17.4 Å². The van der Waals surface area contributed by atoms with Crippen LogP contribution in [0.15, 0.2) is 18.0 Å². The van der Waals surface area contributed by atoms with Gasteiger partial charge in [-0.1, -0.05) is 13.0 Å². The number of aromatic nitrogens is 2. The van der Waals surface area contributed by atoms with E-state index in [2.05, 4.69) is 15.3 Å². The lowest BCUT2D eigenvalue weighted by Crippen LogP contribution is -2.09. The largest absolute Gasteiger partial charge is 0.477 e. The van der Waals surface area contributed by atoms with E-state index in [4.69, 9.17) is 14.9 Å². The maximum absolute atomic E-state index is 11.0. The normalized spacial score (nSPS) is 11.0. The predicted molar refractivity (Wildman–Crippen MR) is 80.2 cm³/mol. The van der Waals surface area contributed by atoms with Crippen molar-refractivity contribution in [1.82, 2.24) is 9.97 Å². The number of aldehydes is 1. The topological polar surface area (TPSA) is 97.2 Å². The standard InChI is InChI=1S/C14H20N4O3/c1-3-5-12(8-15)17-14-16-9-11(10-19)13(18-14)21-7-4-6-20-2/h5,8-10,15H,3-4,6-7H2,1-2H3,(H,16,17,18)/b12-5+,15-8?. The van der Waals surface area contributed by atoms with E-state index in [9.17, 15) is 4.79 Å². The molecule has 0 aliphatic rings. The second kappa shape index (κ2) is 9.60. The van der Waals surface area contributed by atoms with Gasteiger partial charge < -0.3 is 20.2 Å². The van der Waals surface area contributed by atoms with Crippen LogP contribution in [0.3, 0.4) is 0 Å². The number of hydrogen-bond donors (Lipinski definition) is 2. The highest BCUT2D eigenvalue weighted by atomic mass is 16.5. The second-order valence-corrected chi connectivity index (χ2v) is 4.10. The molecule has 1 aromatic heterocycles. The van der Waals surface area contributed by atoms with E-state index in [0.29, 0.717) is 31.6 Å². The Hall–Kier alpha value is -2.28. The van der Waals surface area contributed by atoms with Crippen LogP contribution in [0, 0.1) is 5.41 Å². The Kier molecular flexibility index (Phi) is 7.67. The van der Waals surface area contributed by atoms with Crippen LogP contribution in [0.2, 0.25) is 0 Å². The van der Waals surface area contributed by atoms with Crippen molar-refractivity contribution in [3.8, 4) is 5.88 Å². The second-order valence-electron chi connectivity index (χ2n) is 4.10. The van der Waals surface area contributed by atoms with Gasteiger partial charge in [0.2, 0.25) is 11.8 Å². The Morgan fingerprint density at radius 3 is 2.90 bits per heavy atom. The summed E-state index contributed by atoms with van der Waals surface area (Å²) in [5.74, 6) is 0.505. The number of rotatable bonds is 10. The maximum atomic E-state index is 11.0. The van der Waals surface area contributed by atoms with Crippen LogP contribution >= 0.6 is 0 Å². The molecule has 0 bridgehead atoms. The van der Waals surface area contributed by atoms with Crippen molar-refractivity contribution in [2.45, 2.75) is 19.8 Å².